The number of carbonyl (C=O) groups excluding carboxylic acids is 2. The molecule has 0 spiro atoms. The number of Topliss-reactive ketones (excluding diaryl/α,β-unsaturated/α-hetero) is 1. The van der Waals surface area contributed by atoms with Gasteiger partial charge in [-0.3, -0.25) is 19.7 Å². The van der Waals surface area contributed by atoms with Crippen molar-refractivity contribution in [3.05, 3.63) is 63.7 Å². The molecule has 36 heavy (non-hydrogen) atoms. The van der Waals surface area contributed by atoms with Gasteiger partial charge in [-0.05, 0) is 67.3 Å². The Bertz CT molecular complexity index is 1230. The summed E-state index contributed by atoms with van der Waals surface area (Å²) in [4.78, 5) is 34.7. The third kappa shape index (κ3) is 6.27. The Labute approximate surface area is 209 Å². The van der Waals surface area contributed by atoms with Crippen LogP contribution in [0.2, 0.25) is 0 Å². The van der Waals surface area contributed by atoms with E-state index in [1.807, 2.05) is 4.72 Å². The summed E-state index contributed by atoms with van der Waals surface area (Å²) in [5.41, 5.74) is 0.990. The quantitative estimate of drug-likeness (QED) is 0.399. The van der Waals surface area contributed by atoms with Gasteiger partial charge in [0, 0.05) is 44.2 Å². The van der Waals surface area contributed by atoms with Crippen molar-refractivity contribution < 1.29 is 27.7 Å². The van der Waals surface area contributed by atoms with Gasteiger partial charge < -0.3 is 10.1 Å². The van der Waals surface area contributed by atoms with Gasteiger partial charge in [-0.15, -0.1) is 0 Å². The Kier molecular flexibility index (Phi) is 8.00. The number of hydrogen-bond acceptors (Lipinski definition) is 8. The Morgan fingerprint density at radius 3 is 2.33 bits per heavy atom. The molecule has 2 aromatic carbocycles. The molecule has 0 unspecified atom stereocenters. The number of carbonyl (C=O) groups is 2. The lowest BCUT2D eigenvalue weighted by molar-refractivity contribution is -0.384. The van der Waals surface area contributed by atoms with Crippen molar-refractivity contribution in [2.45, 2.75) is 49.3 Å². The van der Waals surface area contributed by atoms with E-state index in [1.54, 1.807) is 24.3 Å². The lowest BCUT2D eigenvalue weighted by Gasteiger charge is -2.22. The number of nitro benzene ring substituents is 1. The Morgan fingerprint density at radius 2 is 1.69 bits per heavy atom. The van der Waals surface area contributed by atoms with E-state index in [-0.39, 0.29) is 33.5 Å². The Balaban J connectivity index is 1.43. The number of ketones is 1. The first-order valence-corrected chi connectivity index (χ1v) is 13.5. The SMILES string of the molecule is O=C1CCC(c2ccc(C(=O)NS(=O)(=O)c3ccc(NCC4CCOCC4)c([N+](=O)[O-])c3)cc2)CC1. The molecular weight excluding hydrogens is 486 g/mol. The number of rotatable bonds is 8. The molecule has 11 heteroatoms. The third-order valence-corrected chi connectivity index (χ3v) is 8.14. The maximum atomic E-state index is 12.8. The minimum Gasteiger partial charge on any atom is -0.381 e. The summed E-state index contributed by atoms with van der Waals surface area (Å²) >= 11 is 0. The number of sulfonamides is 1. The standard InChI is InChI=1S/C25H29N3O7S/c29-21-7-5-19(6-8-21)18-1-3-20(4-2-18)25(30)27-36(33,34)22-9-10-23(24(15-22)28(31)32)26-16-17-11-13-35-14-12-17/h1-4,9-10,15,17,19,26H,5-8,11-14,16H2,(H,27,30). The van der Waals surface area contributed by atoms with E-state index in [4.69, 9.17) is 4.74 Å². The first-order valence-electron chi connectivity index (χ1n) is 12.0. The predicted octanol–water partition coefficient (Wildman–Crippen LogP) is 3.78. The van der Waals surface area contributed by atoms with E-state index in [0.717, 1.165) is 37.3 Å². The molecule has 1 aliphatic carbocycles. The molecule has 4 rings (SSSR count). The van der Waals surface area contributed by atoms with Crippen LogP contribution in [0, 0.1) is 16.0 Å². The average molecular weight is 516 g/mol. The summed E-state index contributed by atoms with van der Waals surface area (Å²) < 4.78 is 33.0. The van der Waals surface area contributed by atoms with Gasteiger partial charge in [-0.2, -0.15) is 0 Å². The van der Waals surface area contributed by atoms with Gasteiger partial charge in [0.15, 0.2) is 0 Å². The zero-order chi connectivity index (χ0) is 25.7. The number of anilines is 1. The predicted molar refractivity (Wildman–Crippen MR) is 132 cm³/mol. The molecule has 1 aliphatic heterocycles. The first-order chi connectivity index (χ1) is 17.2. The van der Waals surface area contributed by atoms with E-state index < -0.39 is 20.9 Å². The van der Waals surface area contributed by atoms with Crippen LogP contribution in [-0.2, 0) is 19.6 Å². The van der Waals surface area contributed by atoms with Gasteiger partial charge in [-0.1, -0.05) is 12.1 Å². The van der Waals surface area contributed by atoms with Gasteiger partial charge in [0.2, 0.25) is 0 Å². The highest BCUT2D eigenvalue weighted by atomic mass is 32.2. The zero-order valence-corrected chi connectivity index (χ0v) is 20.6. The van der Waals surface area contributed by atoms with E-state index in [1.165, 1.54) is 12.1 Å². The summed E-state index contributed by atoms with van der Waals surface area (Å²) in [6.45, 7) is 1.81. The van der Waals surface area contributed by atoms with Crippen molar-refractivity contribution in [3.63, 3.8) is 0 Å². The summed E-state index contributed by atoms with van der Waals surface area (Å²) in [5, 5.41) is 14.7. The highest BCUT2D eigenvalue weighted by molar-refractivity contribution is 7.90. The highest BCUT2D eigenvalue weighted by Gasteiger charge is 2.25. The summed E-state index contributed by atoms with van der Waals surface area (Å²) in [5.74, 6) is -0.0173. The van der Waals surface area contributed by atoms with Crippen LogP contribution in [0.3, 0.4) is 0 Å². The number of hydrogen-bond donors (Lipinski definition) is 2. The molecule has 1 heterocycles. The summed E-state index contributed by atoms with van der Waals surface area (Å²) in [7, 11) is -4.34. The van der Waals surface area contributed by atoms with Crippen LogP contribution in [0.1, 0.15) is 60.4 Å². The van der Waals surface area contributed by atoms with Crippen LogP contribution < -0.4 is 10.0 Å². The zero-order valence-electron chi connectivity index (χ0n) is 19.8. The fourth-order valence-corrected chi connectivity index (χ4v) is 5.60. The molecule has 0 bridgehead atoms. The normalized spacial score (nSPS) is 17.5. The number of benzene rings is 2. The Morgan fingerprint density at radius 1 is 1.03 bits per heavy atom. The van der Waals surface area contributed by atoms with Crippen molar-refractivity contribution in [2.24, 2.45) is 5.92 Å². The smallest absolute Gasteiger partial charge is 0.293 e. The number of nitrogens with zero attached hydrogens (tertiary/aromatic N) is 1. The summed E-state index contributed by atoms with van der Waals surface area (Å²) in [6.07, 6.45) is 4.30. The van der Waals surface area contributed by atoms with Crippen LogP contribution >= 0.6 is 0 Å². The van der Waals surface area contributed by atoms with E-state index in [2.05, 4.69) is 5.32 Å². The lowest BCUT2D eigenvalue weighted by Crippen LogP contribution is -2.30. The van der Waals surface area contributed by atoms with Crippen LogP contribution in [0.4, 0.5) is 11.4 Å². The fraction of sp³-hybridized carbons (Fsp3) is 0.440. The largest absolute Gasteiger partial charge is 0.381 e. The number of ether oxygens (including phenoxy) is 1. The number of nitrogens with one attached hydrogen (secondary N) is 2. The second kappa shape index (κ2) is 11.2. The van der Waals surface area contributed by atoms with Crippen LogP contribution in [-0.4, -0.2) is 44.8 Å². The van der Waals surface area contributed by atoms with Gasteiger partial charge in [0.25, 0.3) is 21.6 Å². The molecule has 10 nitrogen and oxygen atoms in total. The van der Waals surface area contributed by atoms with Gasteiger partial charge in [-0.25, -0.2) is 13.1 Å². The second-order valence-electron chi connectivity index (χ2n) is 9.24. The van der Waals surface area contributed by atoms with Crippen molar-refractivity contribution in [1.29, 1.82) is 0 Å². The second-order valence-corrected chi connectivity index (χ2v) is 10.9. The minimum absolute atomic E-state index is 0.151. The van der Waals surface area contributed by atoms with E-state index in [9.17, 15) is 28.1 Å². The molecule has 2 aliphatic rings. The molecule has 1 saturated heterocycles. The van der Waals surface area contributed by atoms with Crippen molar-refractivity contribution >= 4 is 33.1 Å². The minimum atomic E-state index is -4.34. The molecule has 0 aromatic heterocycles. The van der Waals surface area contributed by atoms with Crippen molar-refractivity contribution in [2.75, 3.05) is 25.1 Å². The summed E-state index contributed by atoms with van der Waals surface area (Å²) in [6, 6.07) is 10.2. The monoisotopic (exact) mass is 515 g/mol. The van der Waals surface area contributed by atoms with Crippen LogP contribution in [0.5, 0.6) is 0 Å². The van der Waals surface area contributed by atoms with Gasteiger partial charge in [0.05, 0.1) is 9.82 Å². The van der Waals surface area contributed by atoms with Crippen molar-refractivity contribution in [1.82, 2.24) is 4.72 Å². The molecule has 1 amide bonds. The molecule has 0 radical (unpaired) electrons. The molecule has 0 atom stereocenters. The van der Waals surface area contributed by atoms with Gasteiger partial charge >= 0.3 is 0 Å². The average Bonchev–Trinajstić information content (AvgIpc) is 2.88. The number of amides is 1. The fourth-order valence-electron chi connectivity index (χ4n) is 4.60. The van der Waals surface area contributed by atoms with Gasteiger partial charge in [0.1, 0.15) is 11.5 Å². The molecule has 1 saturated carbocycles. The maximum absolute atomic E-state index is 12.8. The topological polar surface area (TPSA) is 145 Å². The highest BCUT2D eigenvalue weighted by Crippen LogP contribution is 2.31. The van der Waals surface area contributed by atoms with E-state index >= 15 is 0 Å². The molecule has 192 valence electrons. The van der Waals surface area contributed by atoms with Crippen LogP contribution in [0.25, 0.3) is 0 Å². The number of nitro groups is 1. The molecular formula is C25H29N3O7S. The van der Waals surface area contributed by atoms with E-state index in [0.29, 0.717) is 38.5 Å². The first kappa shape index (κ1) is 25.8. The molecule has 2 fully saturated rings. The molecule has 2 N–H and O–H groups in total. The van der Waals surface area contributed by atoms with Crippen molar-refractivity contribution in [3.8, 4) is 0 Å². The third-order valence-electron chi connectivity index (χ3n) is 6.81. The maximum Gasteiger partial charge on any atom is 0.293 e. The Hall–Kier alpha value is -3.31. The van der Waals surface area contributed by atoms with Crippen LogP contribution in [0.15, 0.2) is 47.4 Å². The molecule has 2 aromatic rings. The lowest BCUT2D eigenvalue weighted by atomic mass is 9.83.